The fourth-order valence-electron chi connectivity index (χ4n) is 3.29. The van der Waals surface area contributed by atoms with Gasteiger partial charge in [-0.05, 0) is 31.5 Å². The topological polar surface area (TPSA) is 52.7 Å². The van der Waals surface area contributed by atoms with Crippen LogP contribution in [0.15, 0.2) is 36.4 Å². The van der Waals surface area contributed by atoms with Gasteiger partial charge in [0.25, 0.3) is 0 Å². The Morgan fingerprint density at radius 3 is 2.71 bits per heavy atom. The molecule has 5 heteroatoms. The van der Waals surface area contributed by atoms with Crippen LogP contribution >= 0.6 is 0 Å². The molecule has 1 aromatic carbocycles. The highest BCUT2D eigenvalue weighted by molar-refractivity contribution is 5.89. The summed E-state index contributed by atoms with van der Waals surface area (Å²) in [6.07, 6.45) is 4.64. The van der Waals surface area contributed by atoms with Crippen molar-refractivity contribution in [3.05, 3.63) is 42.0 Å². The summed E-state index contributed by atoms with van der Waals surface area (Å²) in [4.78, 5) is 28.4. The smallest absolute Gasteiger partial charge is 0.225 e. The number of nitrogens with zero attached hydrogens (tertiary/aromatic N) is 2. The van der Waals surface area contributed by atoms with Crippen molar-refractivity contribution >= 4 is 17.5 Å². The molecule has 1 fully saturated rings. The number of benzene rings is 1. The molecule has 2 heterocycles. The van der Waals surface area contributed by atoms with E-state index in [1.807, 2.05) is 26.0 Å². The molecular weight excluding hydrogens is 302 g/mol. The molecule has 2 aliphatic rings. The lowest BCUT2D eigenvalue weighted by Crippen LogP contribution is -2.35. The Balaban J connectivity index is 1.55. The number of carbonyl (C=O) groups is 2. The third-order valence-corrected chi connectivity index (χ3v) is 4.71. The molecule has 0 radical (unpaired) electrons. The van der Waals surface area contributed by atoms with Crippen LogP contribution < -0.4 is 10.2 Å². The lowest BCUT2D eigenvalue weighted by molar-refractivity contribution is -0.129. The van der Waals surface area contributed by atoms with Crippen molar-refractivity contribution in [1.82, 2.24) is 10.2 Å². The first-order valence-corrected chi connectivity index (χ1v) is 8.60. The van der Waals surface area contributed by atoms with Crippen molar-refractivity contribution < 1.29 is 9.59 Å². The average molecular weight is 327 g/mol. The van der Waals surface area contributed by atoms with Gasteiger partial charge >= 0.3 is 0 Å². The Hall–Kier alpha value is -2.30. The summed E-state index contributed by atoms with van der Waals surface area (Å²) < 4.78 is 0. The van der Waals surface area contributed by atoms with E-state index in [2.05, 4.69) is 34.5 Å². The van der Waals surface area contributed by atoms with Crippen molar-refractivity contribution in [2.45, 2.75) is 32.9 Å². The minimum absolute atomic E-state index is 0.0280. The molecule has 5 nitrogen and oxygen atoms in total. The highest BCUT2D eigenvalue weighted by Gasteiger charge is 2.35. The van der Waals surface area contributed by atoms with Crippen LogP contribution in [0, 0.1) is 5.92 Å². The number of nitrogens with one attached hydrogen (secondary N) is 1. The SMILES string of the molecule is CC(C)N1C[C@@H](C(=O)NCc2cccc(N3CC=CC3)c2)CC1=O. The van der Waals surface area contributed by atoms with E-state index in [1.165, 1.54) is 5.69 Å². The number of amides is 2. The molecule has 2 aliphatic heterocycles. The summed E-state index contributed by atoms with van der Waals surface area (Å²) in [6.45, 7) is 6.87. The third-order valence-electron chi connectivity index (χ3n) is 4.71. The lowest BCUT2D eigenvalue weighted by Gasteiger charge is -2.21. The summed E-state index contributed by atoms with van der Waals surface area (Å²) in [5, 5.41) is 2.99. The van der Waals surface area contributed by atoms with E-state index in [0.717, 1.165) is 18.7 Å². The maximum Gasteiger partial charge on any atom is 0.225 e. The molecular formula is C19H25N3O2. The first kappa shape index (κ1) is 16.6. The van der Waals surface area contributed by atoms with Gasteiger partial charge in [0.05, 0.1) is 5.92 Å². The van der Waals surface area contributed by atoms with Gasteiger partial charge in [0.2, 0.25) is 11.8 Å². The lowest BCUT2D eigenvalue weighted by atomic mass is 10.1. The second-order valence-corrected chi connectivity index (χ2v) is 6.80. The molecule has 1 saturated heterocycles. The van der Waals surface area contributed by atoms with Crippen LogP contribution in [0.1, 0.15) is 25.8 Å². The molecule has 0 spiro atoms. The third kappa shape index (κ3) is 3.61. The maximum absolute atomic E-state index is 12.4. The standard InChI is InChI=1S/C19H25N3O2/c1-14(2)22-13-16(11-18(22)23)19(24)20-12-15-6-5-7-17(10-15)21-8-3-4-9-21/h3-7,10,14,16H,8-9,11-13H2,1-2H3,(H,20,24)/t16-/m0/s1. The Morgan fingerprint density at radius 1 is 1.29 bits per heavy atom. The Kier molecular flexibility index (Phi) is 4.88. The second kappa shape index (κ2) is 7.07. The van der Waals surface area contributed by atoms with Crippen molar-refractivity contribution in [3.8, 4) is 0 Å². The second-order valence-electron chi connectivity index (χ2n) is 6.80. The van der Waals surface area contributed by atoms with Gasteiger partial charge in [-0.25, -0.2) is 0 Å². The van der Waals surface area contributed by atoms with Gasteiger partial charge in [-0.15, -0.1) is 0 Å². The van der Waals surface area contributed by atoms with E-state index in [4.69, 9.17) is 0 Å². The fraction of sp³-hybridized carbons (Fsp3) is 0.474. The molecule has 1 atom stereocenters. The number of rotatable bonds is 5. The molecule has 3 rings (SSSR count). The van der Waals surface area contributed by atoms with Crippen LogP contribution in [-0.4, -0.2) is 42.4 Å². The monoisotopic (exact) mass is 327 g/mol. The van der Waals surface area contributed by atoms with E-state index in [-0.39, 0.29) is 23.8 Å². The van der Waals surface area contributed by atoms with Crippen molar-refractivity contribution in [2.24, 2.45) is 5.92 Å². The molecule has 0 bridgehead atoms. The van der Waals surface area contributed by atoms with Crippen molar-refractivity contribution in [2.75, 3.05) is 24.5 Å². The van der Waals surface area contributed by atoms with Gasteiger partial charge in [-0.3, -0.25) is 9.59 Å². The summed E-state index contributed by atoms with van der Waals surface area (Å²) in [5.41, 5.74) is 2.26. The van der Waals surface area contributed by atoms with E-state index in [9.17, 15) is 9.59 Å². The van der Waals surface area contributed by atoms with Crippen LogP contribution in [0.2, 0.25) is 0 Å². The van der Waals surface area contributed by atoms with Crippen LogP contribution in [-0.2, 0) is 16.1 Å². The number of hydrogen-bond acceptors (Lipinski definition) is 3. The molecule has 0 unspecified atom stereocenters. The minimum atomic E-state index is -0.231. The highest BCUT2D eigenvalue weighted by atomic mass is 16.2. The highest BCUT2D eigenvalue weighted by Crippen LogP contribution is 2.21. The Morgan fingerprint density at radius 2 is 2.04 bits per heavy atom. The molecule has 1 aromatic rings. The fourth-order valence-corrected chi connectivity index (χ4v) is 3.29. The quantitative estimate of drug-likeness (QED) is 0.841. The predicted octanol–water partition coefficient (Wildman–Crippen LogP) is 1.94. The van der Waals surface area contributed by atoms with E-state index in [1.54, 1.807) is 4.90 Å². The van der Waals surface area contributed by atoms with E-state index < -0.39 is 0 Å². The van der Waals surface area contributed by atoms with Gasteiger partial charge in [0, 0.05) is 44.3 Å². The van der Waals surface area contributed by atoms with Crippen LogP contribution in [0.25, 0.3) is 0 Å². The Labute approximate surface area is 143 Å². The first-order chi connectivity index (χ1) is 11.5. The molecule has 0 aliphatic carbocycles. The molecule has 2 amide bonds. The van der Waals surface area contributed by atoms with Crippen LogP contribution in [0.4, 0.5) is 5.69 Å². The number of likely N-dealkylation sites (tertiary alicyclic amines) is 1. The normalized spacial score (nSPS) is 20.3. The Bertz CT molecular complexity index is 646. The van der Waals surface area contributed by atoms with Crippen molar-refractivity contribution in [1.29, 1.82) is 0 Å². The largest absolute Gasteiger partial charge is 0.364 e. The summed E-state index contributed by atoms with van der Waals surface area (Å²) in [6, 6.07) is 8.41. The molecule has 24 heavy (non-hydrogen) atoms. The van der Waals surface area contributed by atoms with Gasteiger partial charge in [-0.1, -0.05) is 24.3 Å². The zero-order valence-corrected chi connectivity index (χ0v) is 14.4. The van der Waals surface area contributed by atoms with E-state index in [0.29, 0.717) is 19.5 Å². The van der Waals surface area contributed by atoms with Crippen LogP contribution in [0.5, 0.6) is 0 Å². The number of carbonyl (C=O) groups excluding carboxylic acids is 2. The summed E-state index contributed by atoms with van der Waals surface area (Å²) in [7, 11) is 0. The molecule has 0 aromatic heterocycles. The molecule has 0 saturated carbocycles. The van der Waals surface area contributed by atoms with Gasteiger partial charge in [-0.2, -0.15) is 0 Å². The van der Waals surface area contributed by atoms with Gasteiger partial charge in [0.15, 0.2) is 0 Å². The van der Waals surface area contributed by atoms with Gasteiger partial charge < -0.3 is 15.1 Å². The van der Waals surface area contributed by atoms with E-state index >= 15 is 0 Å². The average Bonchev–Trinajstić information content (AvgIpc) is 3.22. The molecule has 1 N–H and O–H groups in total. The van der Waals surface area contributed by atoms with Crippen LogP contribution in [0.3, 0.4) is 0 Å². The number of anilines is 1. The zero-order valence-electron chi connectivity index (χ0n) is 14.4. The maximum atomic E-state index is 12.4. The summed E-state index contributed by atoms with van der Waals surface area (Å²) in [5.74, 6) is -0.181. The first-order valence-electron chi connectivity index (χ1n) is 8.60. The van der Waals surface area contributed by atoms with Crippen molar-refractivity contribution in [3.63, 3.8) is 0 Å². The zero-order chi connectivity index (χ0) is 17.1. The molecule has 128 valence electrons. The minimum Gasteiger partial charge on any atom is -0.364 e. The summed E-state index contributed by atoms with van der Waals surface area (Å²) >= 11 is 0. The predicted molar refractivity (Wildman–Crippen MR) is 94.6 cm³/mol. The van der Waals surface area contributed by atoms with Gasteiger partial charge in [0.1, 0.15) is 0 Å². The number of hydrogen-bond donors (Lipinski definition) is 1.